The van der Waals surface area contributed by atoms with Crippen LogP contribution >= 0.6 is 0 Å². The molecule has 1 heterocycles. The van der Waals surface area contributed by atoms with Crippen molar-refractivity contribution < 1.29 is 9.13 Å². The minimum atomic E-state index is -0.166. The van der Waals surface area contributed by atoms with Crippen LogP contribution in [0, 0.1) is 5.82 Å². The molecule has 1 aliphatic heterocycles. The van der Waals surface area contributed by atoms with Gasteiger partial charge in [-0.15, -0.1) is 0 Å². The Bertz CT molecular complexity index is 448. The van der Waals surface area contributed by atoms with Crippen LogP contribution < -0.4 is 10.2 Å². The van der Waals surface area contributed by atoms with E-state index < -0.39 is 0 Å². The Morgan fingerprint density at radius 2 is 2.20 bits per heavy atom. The number of hydrogen-bond acceptors (Lipinski definition) is 3. The molecule has 3 nitrogen and oxygen atoms in total. The summed E-state index contributed by atoms with van der Waals surface area (Å²) in [5.41, 5.74) is 1.50. The first-order valence-electron chi connectivity index (χ1n) is 7.39. The average molecular weight is 280 g/mol. The summed E-state index contributed by atoms with van der Waals surface area (Å²) in [6.07, 6.45) is 1.09. The molecule has 0 unspecified atom stereocenters. The van der Waals surface area contributed by atoms with Gasteiger partial charge in [-0.2, -0.15) is 0 Å². The summed E-state index contributed by atoms with van der Waals surface area (Å²) in [6, 6.07) is 5.54. The standard InChI is InChI=1S/C16H25FN2O/c1-4-7-18-11-13-5-6-15(14(17)10-13)19-8-9-20-12-16(19,2)3/h5-6,10,18H,4,7-9,11-12H2,1-3H3. The first-order chi connectivity index (χ1) is 9.54. The molecule has 1 aromatic carbocycles. The molecule has 20 heavy (non-hydrogen) atoms. The second-order valence-electron chi connectivity index (χ2n) is 5.98. The number of nitrogens with one attached hydrogen (secondary N) is 1. The zero-order valence-corrected chi connectivity index (χ0v) is 12.7. The van der Waals surface area contributed by atoms with Crippen molar-refractivity contribution >= 4 is 5.69 Å². The van der Waals surface area contributed by atoms with Gasteiger partial charge in [-0.25, -0.2) is 4.39 Å². The van der Waals surface area contributed by atoms with Gasteiger partial charge in [0, 0.05) is 13.1 Å². The molecule has 1 aliphatic rings. The van der Waals surface area contributed by atoms with Crippen LogP contribution in [-0.2, 0) is 11.3 Å². The second-order valence-corrected chi connectivity index (χ2v) is 5.98. The highest BCUT2D eigenvalue weighted by Gasteiger charge is 2.32. The lowest BCUT2D eigenvalue weighted by Crippen LogP contribution is -2.53. The lowest BCUT2D eigenvalue weighted by molar-refractivity contribution is 0.0640. The molecule has 1 saturated heterocycles. The van der Waals surface area contributed by atoms with Gasteiger partial charge in [-0.3, -0.25) is 0 Å². The highest BCUT2D eigenvalue weighted by atomic mass is 19.1. The molecule has 1 aromatic rings. The summed E-state index contributed by atoms with van der Waals surface area (Å²) in [5, 5.41) is 3.29. The Morgan fingerprint density at radius 1 is 1.40 bits per heavy atom. The third kappa shape index (κ3) is 3.49. The fourth-order valence-corrected chi connectivity index (χ4v) is 2.59. The maximum absolute atomic E-state index is 14.4. The summed E-state index contributed by atoms with van der Waals surface area (Å²) in [7, 11) is 0. The van der Waals surface area contributed by atoms with Crippen LogP contribution in [0.25, 0.3) is 0 Å². The molecule has 0 saturated carbocycles. The smallest absolute Gasteiger partial charge is 0.146 e. The summed E-state index contributed by atoms with van der Waals surface area (Å²) >= 11 is 0. The largest absolute Gasteiger partial charge is 0.377 e. The number of hydrogen-bond donors (Lipinski definition) is 1. The van der Waals surface area contributed by atoms with Crippen LogP contribution in [0.2, 0.25) is 0 Å². The van der Waals surface area contributed by atoms with Crippen molar-refractivity contribution in [3.05, 3.63) is 29.6 Å². The molecule has 0 atom stereocenters. The monoisotopic (exact) mass is 280 g/mol. The molecule has 1 N–H and O–H groups in total. The minimum Gasteiger partial charge on any atom is -0.377 e. The Balaban J connectivity index is 2.12. The molecular formula is C16H25FN2O. The van der Waals surface area contributed by atoms with Gasteiger partial charge in [0.1, 0.15) is 5.82 Å². The van der Waals surface area contributed by atoms with Crippen molar-refractivity contribution in [3.63, 3.8) is 0 Å². The number of anilines is 1. The lowest BCUT2D eigenvalue weighted by Gasteiger charge is -2.43. The van der Waals surface area contributed by atoms with E-state index in [0.29, 0.717) is 18.9 Å². The van der Waals surface area contributed by atoms with Crippen molar-refractivity contribution in [3.8, 4) is 0 Å². The molecule has 0 bridgehead atoms. The molecule has 2 rings (SSSR count). The molecule has 0 aliphatic carbocycles. The predicted octanol–water partition coefficient (Wildman–Crippen LogP) is 2.94. The van der Waals surface area contributed by atoms with Crippen LogP contribution in [0.15, 0.2) is 18.2 Å². The van der Waals surface area contributed by atoms with Crippen LogP contribution in [0.1, 0.15) is 32.8 Å². The number of rotatable bonds is 5. The highest BCUT2D eigenvalue weighted by Crippen LogP contribution is 2.29. The van der Waals surface area contributed by atoms with E-state index in [9.17, 15) is 4.39 Å². The second kappa shape index (κ2) is 6.55. The normalized spacial score (nSPS) is 18.3. The zero-order valence-electron chi connectivity index (χ0n) is 12.7. The van der Waals surface area contributed by atoms with Gasteiger partial charge < -0.3 is 15.0 Å². The van der Waals surface area contributed by atoms with E-state index >= 15 is 0 Å². The molecule has 0 aromatic heterocycles. The van der Waals surface area contributed by atoms with Gasteiger partial charge in [0.25, 0.3) is 0 Å². The number of nitrogens with zero attached hydrogens (tertiary/aromatic N) is 1. The van der Waals surface area contributed by atoms with Crippen LogP contribution in [-0.4, -0.2) is 31.8 Å². The van der Waals surface area contributed by atoms with Gasteiger partial charge in [-0.1, -0.05) is 13.0 Å². The topological polar surface area (TPSA) is 24.5 Å². The summed E-state index contributed by atoms with van der Waals surface area (Å²) in [6.45, 7) is 9.99. The van der Waals surface area contributed by atoms with E-state index in [1.807, 2.05) is 12.1 Å². The maximum atomic E-state index is 14.4. The fourth-order valence-electron chi connectivity index (χ4n) is 2.59. The van der Waals surface area contributed by atoms with Crippen LogP contribution in [0.5, 0.6) is 0 Å². The number of morpholine rings is 1. The van der Waals surface area contributed by atoms with Crippen molar-refractivity contribution in [2.24, 2.45) is 0 Å². The first-order valence-corrected chi connectivity index (χ1v) is 7.39. The SMILES string of the molecule is CCCNCc1ccc(N2CCOCC2(C)C)c(F)c1. The third-order valence-corrected chi connectivity index (χ3v) is 3.70. The number of benzene rings is 1. The molecular weight excluding hydrogens is 255 g/mol. The minimum absolute atomic E-state index is 0.143. The Hall–Kier alpha value is -1.13. The quantitative estimate of drug-likeness (QED) is 0.839. The summed E-state index contributed by atoms with van der Waals surface area (Å²) < 4.78 is 19.9. The van der Waals surface area contributed by atoms with Gasteiger partial charge in [0.05, 0.1) is 24.4 Å². The third-order valence-electron chi connectivity index (χ3n) is 3.70. The average Bonchev–Trinajstić information content (AvgIpc) is 2.40. The van der Waals surface area contributed by atoms with Gasteiger partial charge in [-0.05, 0) is 44.5 Å². The van der Waals surface area contributed by atoms with E-state index in [-0.39, 0.29) is 11.4 Å². The molecule has 0 amide bonds. The Labute approximate surface area is 121 Å². The molecule has 4 heteroatoms. The van der Waals surface area contributed by atoms with Crippen molar-refractivity contribution in [2.45, 2.75) is 39.3 Å². The highest BCUT2D eigenvalue weighted by molar-refractivity contribution is 5.51. The number of halogens is 1. The molecule has 0 radical (unpaired) electrons. The van der Waals surface area contributed by atoms with Crippen LogP contribution in [0.4, 0.5) is 10.1 Å². The van der Waals surface area contributed by atoms with Gasteiger partial charge >= 0.3 is 0 Å². The predicted molar refractivity (Wildman–Crippen MR) is 80.6 cm³/mol. The van der Waals surface area contributed by atoms with E-state index in [4.69, 9.17) is 4.74 Å². The lowest BCUT2D eigenvalue weighted by atomic mass is 10.0. The molecule has 0 spiro atoms. The first kappa shape index (κ1) is 15.3. The van der Waals surface area contributed by atoms with Crippen LogP contribution in [0.3, 0.4) is 0 Å². The van der Waals surface area contributed by atoms with E-state index in [1.165, 1.54) is 0 Å². The maximum Gasteiger partial charge on any atom is 0.146 e. The Kier molecular flexibility index (Phi) is 5.00. The molecule has 1 fully saturated rings. The van der Waals surface area contributed by atoms with E-state index in [0.717, 1.165) is 31.6 Å². The van der Waals surface area contributed by atoms with Crippen molar-refractivity contribution in [1.29, 1.82) is 0 Å². The van der Waals surface area contributed by atoms with Crippen molar-refractivity contribution in [1.82, 2.24) is 5.32 Å². The zero-order chi connectivity index (χ0) is 14.6. The van der Waals surface area contributed by atoms with Crippen molar-refractivity contribution in [2.75, 3.05) is 31.2 Å². The summed E-state index contributed by atoms with van der Waals surface area (Å²) in [5.74, 6) is -0.143. The molecule has 112 valence electrons. The van der Waals surface area contributed by atoms with Gasteiger partial charge in [0.2, 0.25) is 0 Å². The number of ether oxygens (including phenoxy) is 1. The Morgan fingerprint density at radius 3 is 2.85 bits per heavy atom. The fraction of sp³-hybridized carbons (Fsp3) is 0.625. The summed E-state index contributed by atoms with van der Waals surface area (Å²) in [4.78, 5) is 2.11. The van der Waals surface area contributed by atoms with E-state index in [2.05, 4.69) is 31.0 Å². The van der Waals surface area contributed by atoms with E-state index in [1.54, 1.807) is 6.07 Å². The van der Waals surface area contributed by atoms with Gasteiger partial charge in [0.15, 0.2) is 0 Å².